The first-order valence-corrected chi connectivity index (χ1v) is 8.40. The third-order valence-electron chi connectivity index (χ3n) is 3.20. The first-order chi connectivity index (χ1) is 9.84. The zero-order valence-electron chi connectivity index (χ0n) is 11.3. The maximum absolute atomic E-state index is 4.49. The second kappa shape index (κ2) is 6.35. The molecule has 3 nitrogen and oxygen atoms in total. The lowest BCUT2D eigenvalue weighted by Gasteiger charge is -2.16. The normalized spacial score (nSPS) is 12.7. The Bertz CT molecular complexity index is 626. The van der Waals surface area contributed by atoms with Gasteiger partial charge in [-0.3, -0.25) is 0 Å². The number of rotatable bonds is 6. The fourth-order valence-corrected chi connectivity index (χ4v) is 3.58. The summed E-state index contributed by atoms with van der Waals surface area (Å²) in [5.41, 5.74) is 0. The van der Waals surface area contributed by atoms with Crippen molar-refractivity contribution in [3.05, 3.63) is 52.3 Å². The molecule has 0 aromatic carbocycles. The van der Waals surface area contributed by atoms with E-state index in [1.54, 1.807) is 22.7 Å². The van der Waals surface area contributed by atoms with E-state index in [1.165, 1.54) is 9.75 Å². The van der Waals surface area contributed by atoms with Gasteiger partial charge in [0.25, 0.3) is 0 Å². The van der Waals surface area contributed by atoms with E-state index in [0.717, 1.165) is 18.9 Å². The van der Waals surface area contributed by atoms with E-state index in [0.29, 0.717) is 6.04 Å². The Morgan fingerprint density at radius 3 is 2.85 bits per heavy atom. The van der Waals surface area contributed by atoms with E-state index in [1.807, 2.05) is 6.20 Å². The lowest BCUT2D eigenvalue weighted by atomic mass is 10.3. The molecule has 0 aliphatic heterocycles. The Morgan fingerprint density at radius 2 is 2.10 bits per heavy atom. The Morgan fingerprint density at radius 1 is 1.25 bits per heavy atom. The molecule has 3 aromatic heterocycles. The number of nitrogens with zero attached hydrogens (tertiary/aromatic N) is 2. The summed E-state index contributed by atoms with van der Waals surface area (Å²) in [6, 6.07) is 8.83. The van der Waals surface area contributed by atoms with Gasteiger partial charge in [0.1, 0.15) is 5.82 Å². The zero-order chi connectivity index (χ0) is 13.8. The van der Waals surface area contributed by atoms with Gasteiger partial charge >= 0.3 is 0 Å². The minimum atomic E-state index is 0.384. The minimum absolute atomic E-state index is 0.384. The summed E-state index contributed by atoms with van der Waals surface area (Å²) in [7, 11) is 0. The molecule has 0 bridgehead atoms. The fraction of sp³-hybridized carbons (Fsp3) is 0.267. The first kappa shape index (κ1) is 13.5. The van der Waals surface area contributed by atoms with Crippen molar-refractivity contribution in [1.82, 2.24) is 14.9 Å². The topological polar surface area (TPSA) is 29.9 Å². The Labute approximate surface area is 126 Å². The van der Waals surface area contributed by atoms with E-state index in [2.05, 4.69) is 63.0 Å². The molecule has 20 heavy (non-hydrogen) atoms. The second-order valence-corrected chi connectivity index (χ2v) is 6.67. The van der Waals surface area contributed by atoms with Crippen molar-refractivity contribution in [2.24, 2.45) is 0 Å². The van der Waals surface area contributed by atoms with Crippen molar-refractivity contribution in [3.8, 4) is 10.7 Å². The van der Waals surface area contributed by atoms with Gasteiger partial charge in [-0.1, -0.05) is 12.1 Å². The number of nitrogens with one attached hydrogen (secondary N) is 1. The molecule has 3 rings (SSSR count). The smallest absolute Gasteiger partial charge is 0.150 e. The number of thiophene rings is 2. The van der Waals surface area contributed by atoms with E-state index in [-0.39, 0.29) is 0 Å². The molecule has 0 saturated heterocycles. The molecule has 0 fully saturated rings. The van der Waals surface area contributed by atoms with Crippen molar-refractivity contribution in [1.29, 1.82) is 0 Å². The van der Waals surface area contributed by atoms with Gasteiger partial charge < -0.3 is 9.88 Å². The van der Waals surface area contributed by atoms with Crippen LogP contribution in [0.1, 0.15) is 17.8 Å². The van der Waals surface area contributed by atoms with Crippen LogP contribution < -0.4 is 5.32 Å². The summed E-state index contributed by atoms with van der Waals surface area (Å²) in [5.74, 6) is 1.06. The van der Waals surface area contributed by atoms with E-state index in [4.69, 9.17) is 0 Å². The summed E-state index contributed by atoms with van der Waals surface area (Å²) in [4.78, 5) is 7.08. The highest BCUT2D eigenvalue weighted by molar-refractivity contribution is 7.13. The van der Waals surface area contributed by atoms with Crippen LogP contribution in [0.15, 0.2) is 47.4 Å². The molecule has 0 saturated carbocycles. The van der Waals surface area contributed by atoms with Crippen LogP contribution in [0.25, 0.3) is 10.7 Å². The molecule has 3 aromatic rings. The molecule has 0 radical (unpaired) electrons. The van der Waals surface area contributed by atoms with Crippen LogP contribution in [0.2, 0.25) is 0 Å². The van der Waals surface area contributed by atoms with Gasteiger partial charge in [0.15, 0.2) is 0 Å². The van der Waals surface area contributed by atoms with Gasteiger partial charge in [0, 0.05) is 36.4 Å². The Kier molecular flexibility index (Phi) is 4.30. The summed E-state index contributed by atoms with van der Waals surface area (Å²) < 4.78 is 2.24. The van der Waals surface area contributed by atoms with E-state index >= 15 is 0 Å². The zero-order valence-corrected chi connectivity index (χ0v) is 13.0. The third-order valence-corrected chi connectivity index (χ3v) is 4.95. The molecular weight excluding hydrogens is 286 g/mol. The molecule has 1 atom stereocenters. The van der Waals surface area contributed by atoms with E-state index < -0.39 is 0 Å². The van der Waals surface area contributed by atoms with Crippen molar-refractivity contribution in [2.45, 2.75) is 19.5 Å². The highest BCUT2D eigenvalue weighted by Crippen LogP contribution is 2.25. The fourth-order valence-electron chi connectivity index (χ4n) is 2.18. The van der Waals surface area contributed by atoms with Gasteiger partial charge in [-0.15, -0.1) is 22.7 Å². The predicted molar refractivity (Wildman–Crippen MR) is 86.3 cm³/mol. The lowest BCUT2D eigenvalue weighted by molar-refractivity contribution is 0.498. The average Bonchev–Trinajstić information content (AvgIpc) is 3.19. The molecule has 0 spiro atoms. The van der Waals surface area contributed by atoms with Crippen LogP contribution in [0, 0.1) is 0 Å². The molecule has 0 amide bonds. The monoisotopic (exact) mass is 303 g/mol. The molecule has 1 N–H and O–H groups in total. The maximum Gasteiger partial charge on any atom is 0.150 e. The van der Waals surface area contributed by atoms with Crippen molar-refractivity contribution >= 4 is 22.7 Å². The van der Waals surface area contributed by atoms with Crippen molar-refractivity contribution < 1.29 is 0 Å². The SMILES string of the molecule is CC(CNCc1cccs1)n1ccnc1-c1cccs1. The van der Waals surface area contributed by atoms with Crippen LogP contribution in [0.4, 0.5) is 0 Å². The molecule has 1 unspecified atom stereocenters. The number of imidazole rings is 1. The molecule has 0 aliphatic carbocycles. The highest BCUT2D eigenvalue weighted by Gasteiger charge is 2.12. The van der Waals surface area contributed by atoms with Crippen LogP contribution in [0.3, 0.4) is 0 Å². The summed E-state index contributed by atoms with van der Waals surface area (Å²) in [6.07, 6.45) is 3.94. The summed E-state index contributed by atoms with van der Waals surface area (Å²) in [6.45, 7) is 4.10. The number of hydrogen-bond donors (Lipinski definition) is 1. The average molecular weight is 303 g/mol. The van der Waals surface area contributed by atoms with Gasteiger partial charge in [-0.2, -0.15) is 0 Å². The van der Waals surface area contributed by atoms with Crippen LogP contribution in [-0.4, -0.2) is 16.1 Å². The molecule has 5 heteroatoms. The number of aromatic nitrogens is 2. The van der Waals surface area contributed by atoms with Gasteiger partial charge in [0.2, 0.25) is 0 Å². The summed E-state index contributed by atoms with van der Waals surface area (Å²) in [5, 5.41) is 7.72. The van der Waals surface area contributed by atoms with Gasteiger partial charge in [-0.25, -0.2) is 4.98 Å². The van der Waals surface area contributed by atoms with Crippen LogP contribution in [-0.2, 0) is 6.54 Å². The van der Waals surface area contributed by atoms with Gasteiger partial charge in [-0.05, 0) is 29.8 Å². The minimum Gasteiger partial charge on any atom is -0.326 e. The largest absolute Gasteiger partial charge is 0.326 e. The molecule has 3 heterocycles. The van der Waals surface area contributed by atoms with Crippen LogP contribution >= 0.6 is 22.7 Å². The Hall–Kier alpha value is -1.43. The lowest BCUT2D eigenvalue weighted by Crippen LogP contribution is -2.23. The highest BCUT2D eigenvalue weighted by atomic mass is 32.1. The maximum atomic E-state index is 4.49. The Balaban J connectivity index is 1.63. The van der Waals surface area contributed by atoms with Crippen molar-refractivity contribution in [2.75, 3.05) is 6.54 Å². The van der Waals surface area contributed by atoms with Crippen molar-refractivity contribution in [3.63, 3.8) is 0 Å². The van der Waals surface area contributed by atoms with Gasteiger partial charge in [0.05, 0.1) is 4.88 Å². The summed E-state index contributed by atoms with van der Waals surface area (Å²) >= 11 is 3.53. The second-order valence-electron chi connectivity index (χ2n) is 4.69. The standard InChI is InChI=1S/C15H17N3S2/c1-12(10-16-11-13-4-2-8-19-13)18-7-6-17-15(18)14-5-3-9-20-14/h2-9,12,16H,10-11H2,1H3. The first-order valence-electron chi connectivity index (χ1n) is 6.64. The quantitative estimate of drug-likeness (QED) is 0.745. The third kappa shape index (κ3) is 3.00. The number of hydrogen-bond acceptors (Lipinski definition) is 4. The molecular formula is C15H17N3S2. The molecule has 0 aliphatic rings. The van der Waals surface area contributed by atoms with Crippen LogP contribution in [0.5, 0.6) is 0 Å². The predicted octanol–water partition coefficient (Wildman–Crippen LogP) is 4.02. The molecule has 104 valence electrons. The van der Waals surface area contributed by atoms with E-state index in [9.17, 15) is 0 Å².